The van der Waals surface area contributed by atoms with Gasteiger partial charge in [0.1, 0.15) is 0 Å². The average Bonchev–Trinajstić information content (AvgIpc) is 2.25. The summed E-state index contributed by atoms with van der Waals surface area (Å²) < 4.78 is 0. The predicted octanol–water partition coefficient (Wildman–Crippen LogP) is 3.26. The van der Waals surface area contributed by atoms with E-state index in [2.05, 4.69) is 39.5 Å². The minimum absolute atomic E-state index is 0.274. The maximum Gasteiger partial charge on any atom is 0.0337 e. The Morgan fingerprint density at radius 2 is 1.94 bits per heavy atom. The lowest BCUT2D eigenvalue weighted by molar-refractivity contribution is 0.00622. The molecule has 1 fully saturated rings. The zero-order chi connectivity index (χ0) is 13.1. The van der Waals surface area contributed by atoms with Gasteiger partial charge in [-0.3, -0.25) is 4.90 Å². The Balaban J connectivity index is 2.86. The molecule has 0 heterocycles. The van der Waals surface area contributed by atoms with Crippen molar-refractivity contribution in [3.05, 3.63) is 0 Å². The van der Waals surface area contributed by atoms with E-state index < -0.39 is 0 Å². The molecule has 2 heteroatoms. The van der Waals surface area contributed by atoms with Crippen LogP contribution in [0.5, 0.6) is 0 Å². The molecule has 1 aliphatic carbocycles. The molecule has 1 aliphatic rings. The van der Waals surface area contributed by atoms with Gasteiger partial charge < -0.3 is 5.73 Å². The molecule has 17 heavy (non-hydrogen) atoms. The molecule has 0 bridgehead atoms. The predicted molar refractivity (Wildman–Crippen MR) is 76.1 cm³/mol. The Kier molecular flexibility index (Phi) is 5.46. The van der Waals surface area contributed by atoms with Gasteiger partial charge in [0.15, 0.2) is 0 Å². The van der Waals surface area contributed by atoms with Crippen LogP contribution in [-0.4, -0.2) is 29.6 Å². The largest absolute Gasteiger partial charge is 0.329 e. The van der Waals surface area contributed by atoms with E-state index in [4.69, 9.17) is 5.73 Å². The van der Waals surface area contributed by atoms with Crippen molar-refractivity contribution in [2.75, 3.05) is 13.1 Å². The molecule has 0 aromatic heterocycles. The Hall–Kier alpha value is -0.0800. The monoisotopic (exact) mass is 240 g/mol. The van der Waals surface area contributed by atoms with E-state index >= 15 is 0 Å². The van der Waals surface area contributed by atoms with Gasteiger partial charge in [-0.15, -0.1) is 0 Å². The van der Waals surface area contributed by atoms with Crippen LogP contribution >= 0.6 is 0 Å². The first-order valence-electron chi connectivity index (χ1n) is 7.38. The van der Waals surface area contributed by atoms with Crippen LogP contribution in [0.3, 0.4) is 0 Å². The van der Waals surface area contributed by atoms with Gasteiger partial charge in [0.2, 0.25) is 0 Å². The van der Waals surface area contributed by atoms with Crippen molar-refractivity contribution in [2.45, 2.75) is 71.9 Å². The second-order valence-corrected chi connectivity index (χ2v) is 6.77. The Labute approximate surface area is 108 Å². The molecule has 0 amide bonds. The van der Waals surface area contributed by atoms with Crippen molar-refractivity contribution >= 4 is 0 Å². The molecule has 0 aromatic carbocycles. The molecular weight excluding hydrogens is 208 g/mol. The molecule has 1 rings (SSSR count). The van der Waals surface area contributed by atoms with Crippen molar-refractivity contribution in [3.63, 3.8) is 0 Å². The fraction of sp³-hybridized carbons (Fsp3) is 1.00. The van der Waals surface area contributed by atoms with Crippen LogP contribution in [0.2, 0.25) is 0 Å². The van der Waals surface area contributed by atoms with Crippen LogP contribution in [0, 0.1) is 11.8 Å². The quantitative estimate of drug-likeness (QED) is 0.799. The van der Waals surface area contributed by atoms with Crippen LogP contribution in [0.4, 0.5) is 0 Å². The lowest BCUT2D eigenvalue weighted by atomic mass is 9.74. The highest BCUT2D eigenvalue weighted by atomic mass is 15.2. The molecule has 2 unspecified atom stereocenters. The summed E-state index contributed by atoms with van der Waals surface area (Å²) in [4.78, 5) is 2.69. The zero-order valence-corrected chi connectivity index (χ0v) is 12.5. The van der Waals surface area contributed by atoms with E-state index in [1.54, 1.807) is 0 Å². The first kappa shape index (κ1) is 15.0. The fourth-order valence-electron chi connectivity index (χ4n) is 3.54. The van der Waals surface area contributed by atoms with Gasteiger partial charge in [-0.25, -0.2) is 0 Å². The number of rotatable bonds is 5. The summed E-state index contributed by atoms with van der Waals surface area (Å²) in [6, 6.07) is 0.603. The summed E-state index contributed by atoms with van der Waals surface area (Å²) >= 11 is 0. The molecule has 1 saturated carbocycles. The van der Waals surface area contributed by atoms with Gasteiger partial charge in [0, 0.05) is 24.7 Å². The third-order valence-electron chi connectivity index (χ3n) is 4.24. The van der Waals surface area contributed by atoms with E-state index in [1.807, 2.05) is 0 Å². The van der Waals surface area contributed by atoms with E-state index in [9.17, 15) is 0 Å². The highest BCUT2D eigenvalue weighted by Gasteiger charge is 2.40. The van der Waals surface area contributed by atoms with Gasteiger partial charge >= 0.3 is 0 Å². The van der Waals surface area contributed by atoms with Crippen LogP contribution in [-0.2, 0) is 0 Å². The van der Waals surface area contributed by atoms with Crippen molar-refractivity contribution < 1.29 is 0 Å². The standard InChI is InChI=1S/C15H32N2/c1-12(2)10-17(13(3)4)15(11-16)8-6-7-14(5)9-15/h12-14H,6-11,16H2,1-5H3. The first-order valence-corrected chi connectivity index (χ1v) is 7.38. The molecule has 0 spiro atoms. The van der Waals surface area contributed by atoms with E-state index in [-0.39, 0.29) is 5.54 Å². The highest BCUT2D eigenvalue weighted by molar-refractivity contribution is 4.97. The van der Waals surface area contributed by atoms with Crippen molar-refractivity contribution in [2.24, 2.45) is 17.6 Å². The van der Waals surface area contributed by atoms with Crippen LogP contribution in [0.1, 0.15) is 60.3 Å². The van der Waals surface area contributed by atoms with Crippen LogP contribution in [0.25, 0.3) is 0 Å². The minimum atomic E-state index is 0.274. The Morgan fingerprint density at radius 3 is 2.35 bits per heavy atom. The van der Waals surface area contributed by atoms with Crippen molar-refractivity contribution in [1.82, 2.24) is 4.90 Å². The summed E-state index contributed by atoms with van der Waals surface area (Å²) in [6.07, 6.45) is 5.31. The van der Waals surface area contributed by atoms with Gasteiger partial charge in [0.25, 0.3) is 0 Å². The van der Waals surface area contributed by atoms with E-state index in [0.29, 0.717) is 6.04 Å². The molecule has 0 saturated heterocycles. The SMILES string of the molecule is CC(C)CN(C(C)C)C1(CN)CCCC(C)C1. The minimum Gasteiger partial charge on any atom is -0.329 e. The van der Waals surface area contributed by atoms with Crippen molar-refractivity contribution in [3.8, 4) is 0 Å². The van der Waals surface area contributed by atoms with Gasteiger partial charge in [-0.05, 0) is 38.5 Å². The van der Waals surface area contributed by atoms with Crippen LogP contribution < -0.4 is 5.73 Å². The van der Waals surface area contributed by atoms with E-state index in [0.717, 1.165) is 18.4 Å². The molecule has 0 aliphatic heterocycles. The third-order valence-corrected chi connectivity index (χ3v) is 4.24. The number of nitrogens with two attached hydrogens (primary N) is 1. The van der Waals surface area contributed by atoms with Gasteiger partial charge in [0.05, 0.1) is 0 Å². The molecular formula is C15H32N2. The zero-order valence-electron chi connectivity index (χ0n) is 12.5. The molecule has 0 aromatic rings. The Morgan fingerprint density at radius 1 is 1.29 bits per heavy atom. The Bertz CT molecular complexity index is 225. The number of hydrogen-bond acceptors (Lipinski definition) is 2. The second kappa shape index (κ2) is 6.19. The summed E-state index contributed by atoms with van der Waals surface area (Å²) in [5.41, 5.74) is 6.45. The lowest BCUT2D eigenvalue weighted by Crippen LogP contribution is -2.59. The number of hydrogen-bond donors (Lipinski definition) is 1. The van der Waals surface area contributed by atoms with Crippen LogP contribution in [0.15, 0.2) is 0 Å². The fourth-order valence-corrected chi connectivity index (χ4v) is 3.54. The maximum atomic E-state index is 6.17. The first-order chi connectivity index (χ1) is 7.91. The summed E-state index contributed by atoms with van der Waals surface area (Å²) in [5, 5.41) is 0. The van der Waals surface area contributed by atoms with E-state index in [1.165, 1.54) is 32.2 Å². The lowest BCUT2D eigenvalue weighted by Gasteiger charge is -2.50. The molecule has 2 nitrogen and oxygen atoms in total. The summed E-state index contributed by atoms with van der Waals surface area (Å²) in [6.45, 7) is 13.6. The number of nitrogens with zero attached hydrogens (tertiary/aromatic N) is 1. The molecule has 0 radical (unpaired) electrons. The summed E-state index contributed by atoms with van der Waals surface area (Å²) in [5.74, 6) is 1.55. The second-order valence-electron chi connectivity index (χ2n) is 6.77. The molecule has 2 N–H and O–H groups in total. The third kappa shape index (κ3) is 3.69. The smallest absolute Gasteiger partial charge is 0.0337 e. The average molecular weight is 240 g/mol. The molecule has 2 atom stereocenters. The van der Waals surface area contributed by atoms with Crippen molar-refractivity contribution in [1.29, 1.82) is 0 Å². The highest BCUT2D eigenvalue weighted by Crippen LogP contribution is 2.37. The topological polar surface area (TPSA) is 29.3 Å². The molecule has 102 valence electrons. The normalized spacial score (nSPS) is 30.5. The summed E-state index contributed by atoms with van der Waals surface area (Å²) in [7, 11) is 0. The van der Waals surface area contributed by atoms with Gasteiger partial charge in [-0.1, -0.05) is 33.6 Å². The van der Waals surface area contributed by atoms with Gasteiger partial charge in [-0.2, -0.15) is 0 Å². The maximum absolute atomic E-state index is 6.17.